The first-order valence-electron chi connectivity index (χ1n) is 9.99. The Bertz CT molecular complexity index is 1050. The lowest BCUT2D eigenvalue weighted by molar-refractivity contribution is 0.122. The monoisotopic (exact) mass is 413 g/mol. The van der Waals surface area contributed by atoms with Crippen LogP contribution in [0.25, 0.3) is 11.0 Å². The first-order valence-corrected chi connectivity index (χ1v) is 9.99. The molecule has 0 aliphatic carbocycles. The van der Waals surface area contributed by atoms with Gasteiger partial charge in [0.05, 0.1) is 24.2 Å². The Labute approximate surface area is 174 Å². The van der Waals surface area contributed by atoms with Crippen molar-refractivity contribution < 1.29 is 24.3 Å². The predicted molar refractivity (Wildman–Crippen MR) is 114 cm³/mol. The predicted octanol–water partition coefficient (Wildman–Crippen LogP) is 0.871. The lowest BCUT2D eigenvalue weighted by Gasteiger charge is -2.29. The zero-order valence-corrected chi connectivity index (χ0v) is 16.9. The van der Waals surface area contributed by atoms with Gasteiger partial charge in [0.25, 0.3) is 0 Å². The van der Waals surface area contributed by atoms with E-state index in [0.717, 1.165) is 16.8 Å². The highest BCUT2D eigenvalue weighted by Gasteiger charge is 2.24. The number of nitrogens with zero attached hydrogens (tertiary/aromatic N) is 3. The van der Waals surface area contributed by atoms with E-state index in [4.69, 9.17) is 4.74 Å². The van der Waals surface area contributed by atoms with E-state index >= 15 is 0 Å². The molecule has 2 aromatic carbocycles. The maximum absolute atomic E-state index is 13.3. The van der Waals surface area contributed by atoms with Crippen LogP contribution >= 0.6 is 0 Å². The van der Waals surface area contributed by atoms with Gasteiger partial charge < -0.3 is 29.4 Å². The van der Waals surface area contributed by atoms with Crippen molar-refractivity contribution >= 4 is 29.3 Å². The number of morpholine rings is 1. The summed E-state index contributed by atoms with van der Waals surface area (Å²) in [6.07, 6.45) is 0. The minimum Gasteiger partial charge on any atom is -0.423 e. The Morgan fingerprint density at radius 3 is 2.57 bits per heavy atom. The maximum atomic E-state index is 13.3. The molecule has 0 atom stereocenters. The van der Waals surface area contributed by atoms with Gasteiger partial charge in [0.2, 0.25) is 0 Å². The Hall–Kier alpha value is -2.46. The molecular formula is C21H25BFN3O4. The Morgan fingerprint density at radius 2 is 1.90 bits per heavy atom. The van der Waals surface area contributed by atoms with Gasteiger partial charge in [0.15, 0.2) is 0 Å². The number of hydrogen-bond donors (Lipinski definition) is 3. The van der Waals surface area contributed by atoms with E-state index in [1.54, 1.807) is 12.1 Å². The number of aromatic nitrogens is 2. The first-order chi connectivity index (χ1) is 14.5. The number of aliphatic hydroxyl groups excluding tert-OH is 1. The van der Waals surface area contributed by atoms with Gasteiger partial charge in [0, 0.05) is 30.8 Å². The summed E-state index contributed by atoms with van der Waals surface area (Å²) >= 11 is 0. The topological polar surface area (TPSA) is 91.0 Å². The third-order valence-corrected chi connectivity index (χ3v) is 5.77. The van der Waals surface area contributed by atoms with Crippen LogP contribution in [0.1, 0.15) is 22.5 Å². The lowest BCUT2D eigenvalue weighted by Crippen LogP contribution is -2.38. The van der Waals surface area contributed by atoms with E-state index in [0.29, 0.717) is 55.3 Å². The van der Waals surface area contributed by atoms with E-state index in [1.807, 2.05) is 29.7 Å². The SMILES string of the molecule is Cc1c(CF)cccc1Cn1c(CO)nc2c(B(O)O)cc(N3CCOCC3)cc21. The molecule has 9 heteroatoms. The molecule has 1 aliphatic rings. The number of alkyl halides is 1. The summed E-state index contributed by atoms with van der Waals surface area (Å²) in [4.78, 5) is 6.61. The van der Waals surface area contributed by atoms with Crippen LogP contribution in [0.15, 0.2) is 30.3 Å². The number of halogens is 1. The molecule has 0 amide bonds. The van der Waals surface area contributed by atoms with Gasteiger partial charge in [-0.1, -0.05) is 18.2 Å². The number of benzene rings is 2. The second kappa shape index (κ2) is 8.73. The second-order valence-corrected chi connectivity index (χ2v) is 7.48. The van der Waals surface area contributed by atoms with Crippen molar-refractivity contribution in [3.05, 3.63) is 52.8 Å². The zero-order chi connectivity index (χ0) is 21.3. The number of anilines is 1. The van der Waals surface area contributed by atoms with E-state index in [2.05, 4.69) is 9.88 Å². The fourth-order valence-corrected chi connectivity index (χ4v) is 4.00. The highest BCUT2D eigenvalue weighted by Crippen LogP contribution is 2.25. The average molecular weight is 413 g/mol. The molecule has 1 saturated heterocycles. The molecule has 1 fully saturated rings. The quantitative estimate of drug-likeness (QED) is 0.520. The van der Waals surface area contributed by atoms with Crippen molar-refractivity contribution in [2.75, 3.05) is 31.2 Å². The molecule has 0 spiro atoms. The molecule has 0 unspecified atom stereocenters. The van der Waals surface area contributed by atoms with Crippen LogP contribution < -0.4 is 10.4 Å². The van der Waals surface area contributed by atoms with Crippen molar-refractivity contribution in [1.29, 1.82) is 0 Å². The molecule has 2 heterocycles. The molecule has 3 N–H and O–H groups in total. The van der Waals surface area contributed by atoms with Crippen LogP contribution in [0.5, 0.6) is 0 Å². The number of aliphatic hydroxyl groups is 1. The molecule has 158 valence electrons. The Kier molecular flexibility index (Phi) is 6.05. The van der Waals surface area contributed by atoms with Crippen molar-refractivity contribution in [3.63, 3.8) is 0 Å². The van der Waals surface area contributed by atoms with Crippen molar-refractivity contribution in [2.45, 2.75) is 26.7 Å². The van der Waals surface area contributed by atoms with Gasteiger partial charge >= 0.3 is 7.12 Å². The van der Waals surface area contributed by atoms with E-state index in [9.17, 15) is 19.5 Å². The van der Waals surface area contributed by atoms with Crippen LogP contribution in [-0.2, 0) is 24.6 Å². The van der Waals surface area contributed by atoms with Crippen LogP contribution in [0.4, 0.5) is 10.1 Å². The van der Waals surface area contributed by atoms with E-state index in [1.165, 1.54) is 0 Å². The van der Waals surface area contributed by atoms with Gasteiger partial charge in [-0.2, -0.15) is 0 Å². The smallest absolute Gasteiger partial charge is 0.423 e. The number of imidazole rings is 1. The van der Waals surface area contributed by atoms with Crippen molar-refractivity contribution in [3.8, 4) is 0 Å². The highest BCUT2D eigenvalue weighted by atomic mass is 19.1. The molecule has 3 aromatic rings. The molecule has 7 nitrogen and oxygen atoms in total. The minimum atomic E-state index is -1.69. The highest BCUT2D eigenvalue weighted by molar-refractivity contribution is 6.61. The zero-order valence-electron chi connectivity index (χ0n) is 16.9. The molecule has 1 aromatic heterocycles. The van der Waals surface area contributed by atoms with Crippen LogP contribution in [-0.4, -0.2) is 58.1 Å². The summed E-state index contributed by atoms with van der Waals surface area (Å²) < 4.78 is 20.6. The number of ether oxygens (including phenoxy) is 1. The minimum absolute atomic E-state index is 0.289. The molecular weight excluding hydrogens is 388 g/mol. The summed E-state index contributed by atoms with van der Waals surface area (Å²) in [5, 5.41) is 29.9. The summed E-state index contributed by atoms with van der Waals surface area (Å²) in [7, 11) is -1.69. The fraction of sp³-hybridized carbons (Fsp3) is 0.381. The fourth-order valence-electron chi connectivity index (χ4n) is 4.00. The third kappa shape index (κ3) is 3.81. The van der Waals surface area contributed by atoms with Crippen LogP contribution in [0.3, 0.4) is 0 Å². The molecule has 0 bridgehead atoms. The standard InChI is InChI=1S/C21H25BFN3O4/c1-14-15(11-23)3-2-4-16(14)12-26-19-10-17(25-5-7-30-8-6-25)9-18(22(28)29)21(19)24-20(26)13-27/h2-4,9-10,27-29H,5-8,11-13H2,1H3. The van der Waals surface area contributed by atoms with Gasteiger partial charge in [-0.25, -0.2) is 9.37 Å². The Balaban J connectivity index is 1.87. The Morgan fingerprint density at radius 1 is 1.17 bits per heavy atom. The summed E-state index contributed by atoms with van der Waals surface area (Å²) in [6.45, 7) is 4.03. The summed E-state index contributed by atoms with van der Waals surface area (Å²) in [5.74, 6) is 0.413. The van der Waals surface area contributed by atoms with Crippen LogP contribution in [0, 0.1) is 6.92 Å². The average Bonchev–Trinajstić information content (AvgIpc) is 3.12. The molecule has 1 aliphatic heterocycles. The number of rotatable bonds is 6. The molecule has 0 radical (unpaired) electrons. The van der Waals surface area contributed by atoms with Crippen LogP contribution in [0.2, 0.25) is 0 Å². The van der Waals surface area contributed by atoms with Gasteiger partial charge in [-0.15, -0.1) is 0 Å². The maximum Gasteiger partial charge on any atom is 0.490 e. The van der Waals surface area contributed by atoms with Gasteiger partial charge in [0.1, 0.15) is 19.1 Å². The normalized spacial score (nSPS) is 14.5. The van der Waals surface area contributed by atoms with Gasteiger partial charge in [-0.05, 0) is 35.7 Å². The lowest BCUT2D eigenvalue weighted by atomic mass is 9.79. The van der Waals surface area contributed by atoms with Gasteiger partial charge in [-0.3, -0.25) is 0 Å². The first kappa shape index (κ1) is 20.8. The second-order valence-electron chi connectivity index (χ2n) is 7.48. The third-order valence-electron chi connectivity index (χ3n) is 5.77. The van der Waals surface area contributed by atoms with Crippen molar-refractivity contribution in [1.82, 2.24) is 9.55 Å². The molecule has 30 heavy (non-hydrogen) atoms. The largest absolute Gasteiger partial charge is 0.490 e. The van der Waals surface area contributed by atoms with E-state index < -0.39 is 13.8 Å². The number of fused-ring (bicyclic) bond motifs is 1. The van der Waals surface area contributed by atoms with E-state index in [-0.39, 0.29) is 12.1 Å². The number of hydrogen-bond acceptors (Lipinski definition) is 6. The molecule has 0 saturated carbocycles. The summed E-state index contributed by atoms with van der Waals surface area (Å²) in [5.41, 5.74) is 4.66. The van der Waals surface area contributed by atoms with Crippen molar-refractivity contribution in [2.24, 2.45) is 0 Å². The summed E-state index contributed by atoms with van der Waals surface area (Å²) in [6, 6.07) is 9.18. The molecule has 4 rings (SSSR count).